The Labute approximate surface area is 167 Å². The van der Waals surface area contributed by atoms with Gasteiger partial charge in [0.25, 0.3) is 0 Å². The van der Waals surface area contributed by atoms with Gasteiger partial charge in [0.2, 0.25) is 11.2 Å². The minimum atomic E-state index is -0.967. The molecule has 0 spiro atoms. The Bertz CT molecular complexity index is 1080. The van der Waals surface area contributed by atoms with Crippen molar-refractivity contribution in [1.82, 2.24) is 0 Å². The first-order valence-corrected chi connectivity index (χ1v) is 9.37. The number of fused-ring (bicyclic) bond motifs is 1. The highest BCUT2D eigenvalue weighted by Gasteiger charge is 2.24. The van der Waals surface area contributed by atoms with Gasteiger partial charge in [-0.2, -0.15) is 0 Å². The first-order valence-electron chi connectivity index (χ1n) is 8.99. The van der Waals surface area contributed by atoms with Crippen molar-refractivity contribution in [1.29, 1.82) is 0 Å². The molecule has 0 aliphatic rings. The lowest BCUT2D eigenvalue weighted by atomic mass is 10.1. The van der Waals surface area contributed by atoms with Gasteiger partial charge in [0.05, 0.1) is 12.0 Å². The Morgan fingerprint density at radius 1 is 1.18 bits per heavy atom. The van der Waals surface area contributed by atoms with E-state index in [9.17, 15) is 9.59 Å². The molecule has 2 aromatic carbocycles. The highest BCUT2D eigenvalue weighted by atomic mass is 35.5. The quantitative estimate of drug-likeness (QED) is 0.560. The van der Waals surface area contributed by atoms with Crippen molar-refractivity contribution in [3.8, 4) is 17.1 Å². The van der Waals surface area contributed by atoms with Crippen LogP contribution in [0.5, 0.6) is 5.75 Å². The third-order valence-corrected chi connectivity index (χ3v) is 4.76. The number of carbonyl (C=O) groups excluding carboxylic acids is 1. The van der Waals surface area contributed by atoms with Crippen LogP contribution >= 0.6 is 11.6 Å². The van der Waals surface area contributed by atoms with Crippen LogP contribution < -0.4 is 10.2 Å². The van der Waals surface area contributed by atoms with Crippen molar-refractivity contribution >= 4 is 28.5 Å². The zero-order chi connectivity index (χ0) is 20.4. The summed E-state index contributed by atoms with van der Waals surface area (Å²) in [5.41, 5.74) is 2.54. The van der Waals surface area contributed by atoms with E-state index in [1.165, 1.54) is 6.92 Å². The standard InChI is InChI=1S/C22H21ClO5/c1-5-26-22(25)14(4)27-21-19(24)16-11-17(23)13(3)10-18(16)28-20(21)15-8-6-12(2)7-9-15/h6-11,14H,5H2,1-4H3/t14-/m0/s1. The van der Waals surface area contributed by atoms with Gasteiger partial charge in [0, 0.05) is 10.6 Å². The minimum Gasteiger partial charge on any atom is -0.471 e. The highest BCUT2D eigenvalue weighted by molar-refractivity contribution is 6.32. The summed E-state index contributed by atoms with van der Waals surface area (Å²) < 4.78 is 16.8. The van der Waals surface area contributed by atoms with Gasteiger partial charge in [0.15, 0.2) is 11.9 Å². The number of ether oxygens (including phenoxy) is 2. The van der Waals surface area contributed by atoms with Crippen LogP contribution in [0, 0.1) is 13.8 Å². The monoisotopic (exact) mass is 400 g/mol. The van der Waals surface area contributed by atoms with Gasteiger partial charge in [-0.05, 0) is 45.4 Å². The predicted octanol–water partition coefficient (Wildman–Crippen LogP) is 5.06. The summed E-state index contributed by atoms with van der Waals surface area (Å²) >= 11 is 6.19. The molecule has 3 aromatic rings. The molecule has 5 nitrogen and oxygen atoms in total. The smallest absolute Gasteiger partial charge is 0.347 e. The Morgan fingerprint density at radius 3 is 2.50 bits per heavy atom. The average molecular weight is 401 g/mol. The number of rotatable bonds is 5. The van der Waals surface area contributed by atoms with Crippen molar-refractivity contribution in [2.24, 2.45) is 0 Å². The van der Waals surface area contributed by atoms with E-state index >= 15 is 0 Å². The molecule has 0 fully saturated rings. The maximum Gasteiger partial charge on any atom is 0.347 e. The predicted molar refractivity (Wildman–Crippen MR) is 109 cm³/mol. The molecule has 0 aliphatic heterocycles. The number of hydrogen-bond donors (Lipinski definition) is 0. The molecule has 0 bridgehead atoms. The SMILES string of the molecule is CCOC(=O)[C@H](C)Oc1c(-c2ccc(C)cc2)oc2cc(C)c(Cl)cc2c1=O. The number of carbonyl (C=O) groups is 1. The van der Waals surface area contributed by atoms with Crippen molar-refractivity contribution in [3.63, 3.8) is 0 Å². The fourth-order valence-corrected chi connectivity index (χ4v) is 2.95. The molecule has 6 heteroatoms. The zero-order valence-electron chi connectivity index (χ0n) is 16.2. The largest absolute Gasteiger partial charge is 0.471 e. The molecule has 0 aliphatic carbocycles. The van der Waals surface area contributed by atoms with Crippen molar-refractivity contribution < 1.29 is 18.7 Å². The van der Waals surface area contributed by atoms with Crippen molar-refractivity contribution in [3.05, 3.63) is 62.8 Å². The van der Waals surface area contributed by atoms with Gasteiger partial charge < -0.3 is 13.9 Å². The number of halogens is 1. The summed E-state index contributed by atoms with van der Waals surface area (Å²) in [5.74, 6) is -0.342. The molecule has 28 heavy (non-hydrogen) atoms. The number of aryl methyl sites for hydroxylation is 2. The van der Waals surface area contributed by atoms with Gasteiger partial charge in [-0.3, -0.25) is 4.79 Å². The second kappa shape index (κ2) is 8.07. The van der Waals surface area contributed by atoms with Crippen LogP contribution in [0.2, 0.25) is 5.02 Å². The summed E-state index contributed by atoms with van der Waals surface area (Å²) in [6, 6.07) is 10.8. The average Bonchev–Trinajstić information content (AvgIpc) is 2.66. The van der Waals surface area contributed by atoms with Gasteiger partial charge in [-0.15, -0.1) is 0 Å². The lowest BCUT2D eigenvalue weighted by Gasteiger charge is -2.16. The number of hydrogen-bond acceptors (Lipinski definition) is 5. The number of esters is 1. The van der Waals surface area contributed by atoms with Crippen LogP contribution in [0.4, 0.5) is 0 Å². The van der Waals surface area contributed by atoms with Gasteiger partial charge in [0.1, 0.15) is 5.58 Å². The Hall–Kier alpha value is -2.79. The lowest BCUT2D eigenvalue weighted by Crippen LogP contribution is -2.28. The van der Waals surface area contributed by atoms with E-state index in [2.05, 4.69) is 0 Å². The molecule has 146 valence electrons. The first kappa shape index (κ1) is 20.0. The van der Waals surface area contributed by atoms with Gasteiger partial charge >= 0.3 is 5.97 Å². The maximum atomic E-state index is 13.2. The Morgan fingerprint density at radius 2 is 1.86 bits per heavy atom. The summed E-state index contributed by atoms with van der Waals surface area (Å²) in [7, 11) is 0. The van der Waals surface area contributed by atoms with E-state index in [4.69, 9.17) is 25.5 Å². The van der Waals surface area contributed by atoms with Gasteiger partial charge in [-0.25, -0.2) is 4.79 Å². The van der Waals surface area contributed by atoms with E-state index < -0.39 is 17.5 Å². The third-order valence-electron chi connectivity index (χ3n) is 4.36. The summed E-state index contributed by atoms with van der Waals surface area (Å²) in [4.78, 5) is 25.2. The fraction of sp³-hybridized carbons (Fsp3) is 0.273. The van der Waals surface area contributed by atoms with Crippen molar-refractivity contribution in [2.45, 2.75) is 33.8 Å². The van der Waals surface area contributed by atoms with E-state index in [-0.39, 0.29) is 23.5 Å². The van der Waals surface area contributed by atoms with Crippen LogP contribution in [0.15, 0.2) is 45.6 Å². The third kappa shape index (κ3) is 3.90. The summed E-state index contributed by atoms with van der Waals surface area (Å²) in [6.45, 7) is 7.25. The molecular formula is C22H21ClO5. The van der Waals surface area contributed by atoms with Gasteiger partial charge in [-0.1, -0.05) is 41.4 Å². The molecule has 3 rings (SSSR count). The van der Waals surface area contributed by atoms with E-state index in [1.807, 2.05) is 38.1 Å². The van der Waals surface area contributed by atoms with Crippen LogP contribution in [0.3, 0.4) is 0 Å². The second-order valence-electron chi connectivity index (χ2n) is 6.57. The second-order valence-corrected chi connectivity index (χ2v) is 6.97. The molecule has 0 amide bonds. The number of benzene rings is 2. The molecule has 0 saturated carbocycles. The topological polar surface area (TPSA) is 65.7 Å². The maximum absolute atomic E-state index is 13.2. The molecule has 0 radical (unpaired) electrons. The Balaban J connectivity index is 2.23. The molecule has 1 aromatic heterocycles. The zero-order valence-corrected chi connectivity index (χ0v) is 16.9. The Kier molecular flexibility index (Phi) is 5.75. The van der Waals surface area contributed by atoms with Crippen molar-refractivity contribution in [2.75, 3.05) is 6.61 Å². The molecule has 0 unspecified atom stereocenters. The molecule has 0 saturated heterocycles. The van der Waals surface area contributed by atoms with E-state index in [0.717, 1.165) is 11.1 Å². The normalized spacial score (nSPS) is 12.0. The fourth-order valence-electron chi connectivity index (χ4n) is 2.79. The minimum absolute atomic E-state index is 0.0446. The molecule has 1 heterocycles. The summed E-state index contributed by atoms with van der Waals surface area (Å²) in [6.07, 6.45) is -0.967. The van der Waals surface area contributed by atoms with Crippen LogP contribution in [0.1, 0.15) is 25.0 Å². The summed E-state index contributed by atoms with van der Waals surface area (Å²) in [5, 5.41) is 0.741. The molecule has 0 N–H and O–H groups in total. The van der Waals surface area contributed by atoms with E-state index in [1.54, 1.807) is 19.1 Å². The highest BCUT2D eigenvalue weighted by Crippen LogP contribution is 2.33. The van der Waals surface area contributed by atoms with Crippen LogP contribution in [0.25, 0.3) is 22.3 Å². The van der Waals surface area contributed by atoms with Crippen LogP contribution in [-0.2, 0) is 9.53 Å². The lowest BCUT2D eigenvalue weighted by molar-refractivity contribution is -0.150. The van der Waals surface area contributed by atoms with Crippen LogP contribution in [-0.4, -0.2) is 18.7 Å². The van der Waals surface area contributed by atoms with E-state index in [0.29, 0.717) is 16.2 Å². The molecular weight excluding hydrogens is 380 g/mol. The first-order chi connectivity index (χ1) is 13.3. The molecule has 1 atom stereocenters.